The van der Waals surface area contributed by atoms with E-state index < -0.39 is 0 Å². The fraction of sp³-hybridized carbons (Fsp3) is 0.333. The van der Waals surface area contributed by atoms with Gasteiger partial charge in [0.25, 0.3) is 0 Å². The molecule has 1 aliphatic rings. The van der Waals surface area contributed by atoms with Crippen molar-refractivity contribution in [2.45, 2.75) is 26.2 Å². The SMILES string of the molecule is CC(C)c1cnc2nn(-c3cc(N4CCC4)ccc3F)cc2c1. The number of benzene rings is 1. The fourth-order valence-electron chi connectivity index (χ4n) is 2.82. The lowest BCUT2D eigenvalue weighted by Gasteiger charge is -2.33. The van der Waals surface area contributed by atoms with E-state index in [9.17, 15) is 4.39 Å². The summed E-state index contributed by atoms with van der Waals surface area (Å²) < 4.78 is 15.9. The minimum absolute atomic E-state index is 0.272. The molecule has 0 atom stereocenters. The van der Waals surface area contributed by atoms with Gasteiger partial charge in [-0.3, -0.25) is 0 Å². The maximum Gasteiger partial charge on any atom is 0.181 e. The van der Waals surface area contributed by atoms with Gasteiger partial charge in [-0.05, 0) is 42.2 Å². The highest BCUT2D eigenvalue weighted by Crippen LogP contribution is 2.26. The molecule has 0 N–H and O–H groups in total. The van der Waals surface area contributed by atoms with Gasteiger partial charge in [0, 0.05) is 36.6 Å². The van der Waals surface area contributed by atoms with Crippen LogP contribution in [-0.2, 0) is 0 Å². The Morgan fingerprint density at radius 3 is 2.70 bits per heavy atom. The second-order valence-electron chi connectivity index (χ2n) is 6.39. The first-order chi connectivity index (χ1) is 11.1. The largest absolute Gasteiger partial charge is 0.371 e. The zero-order chi connectivity index (χ0) is 16.0. The summed E-state index contributed by atoms with van der Waals surface area (Å²) in [6, 6.07) is 7.29. The Morgan fingerprint density at radius 2 is 2.00 bits per heavy atom. The number of pyridine rings is 1. The Kier molecular flexibility index (Phi) is 3.29. The number of halogens is 1. The molecule has 1 saturated heterocycles. The Labute approximate surface area is 134 Å². The molecule has 0 saturated carbocycles. The molecule has 1 fully saturated rings. The van der Waals surface area contributed by atoms with Crippen molar-refractivity contribution in [1.29, 1.82) is 0 Å². The lowest BCUT2D eigenvalue weighted by Crippen LogP contribution is -2.37. The smallest absolute Gasteiger partial charge is 0.181 e. The van der Waals surface area contributed by atoms with Crippen molar-refractivity contribution in [1.82, 2.24) is 14.8 Å². The number of anilines is 1. The van der Waals surface area contributed by atoms with Crippen LogP contribution in [0.5, 0.6) is 0 Å². The summed E-state index contributed by atoms with van der Waals surface area (Å²) in [5.41, 5.74) is 3.32. The molecule has 5 heteroatoms. The Hall–Kier alpha value is -2.43. The molecule has 2 aromatic heterocycles. The van der Waals surface area contributed by atoms with E-state index in [0.717, 1.165) is 29.7 Å². The van der Waals surface area contributed by atoms with E-state index in [0.29, 0.717) is 17.3 Å². The maximum absolute atomic E-state index is 14.3. The molecule has 118 valence electrons. The third-order valence-corrected chi connectivity index (χ3v) is 4.44. The van der Waals surface area contributed by atoms with Crippen LogP contribution in [0.4, 0.5) is 10.1 Å². The number of fused-ring (bicyclic) bond motifs is 1. The second kappa shape index (κ2) is 5.33. The molecule has 3 heterocycles. The minimum atomic E-state index is -0.272. The molecule has 4 nitrogen and oxygen atoms in total. The van der Waals surface area contributed by atoms with Crippen LogP contribution in [0.25, 0.3) is 16.7 Å². The van der Waals surface area contributed by atoms with Crippen molar-refractivity contribution < 1.29 is 4.39 Å². The standard InChI is InChI=1S/C18H19FN4/c1-12(2)13-8-14-11-23(21-18(14)20-10-13)17-9-15(4-5-16(17)19)22-6-3-7-22/h4-5,8-12H,3,6-7H2,1-2H3. The average molecular weight is 310 g/mol. The van der Waals surface area contributed by atoms with E-state index in [2.05, 4.69) is 34.9 Å². The number of rotatable bonds is 3. The van der Waals surface area contributed by atoms with Crippen LogP contribution in [0.15, 0.2) is 36.7 Å². The summed E-state index contributed by atoms with van der Waals surface area (Å²) in [5.74, 6) is 0.132. The van der Waals surface area contributed by atoms with Crippen molar-refractivity contribution in [3.8, 4) is 5.69 Å². The number of aromatic nitrogens is 3. The Balaban J connectivity index is 1.78. The zero-order valence-electron chi connectivity index (χ0n) is 13.3. The number of hydrogen-bond donors (Lipinski definition) is 0. The van der Waals surface area contributed by atoms with Crippen molar-refractivity contribution in [2.75, 3.05) is 18.0 Å². The predicted octanol–water partition coefficient (Wildman–Crippen LogP) is 3.89. The van der Waals surface area contributed by atoms with Crippen LogP contribution in [0, 0.1) is 5.82 Å². The molecule has 0 aliphatic carbocycles. The molecule has 0 unspecified atom stereocenters. The van der Waals surface area contributed by atoms with E-state index in [1.54, 1.807) is 4.68 Å². The minimum Gasteiger partial charge on any atom is -0.371 e. The van der Waals surface area contributed by atoms with Crippen LogP contribution < -0.4 is 4.90 Å². The Bertz CT molecular complexity index is 865. The van der Waals surface area contributed by atoms with Gasteiger partial charge in [-0.15, -0.1) is 5.10 Å². The molecular weight excluding hydrogens is 291 g/mol. The van der Waals surface area contributed by atoms with Gasteiger partial charge in [-0.25, -0.2) is 14.1 Å². The number of nitrogens with zero attached hydrogens (tertiary/aromatic N) is 4. The topological polar surface area (TPSA) is 34.0 Å². The first kappa shape index (κ1) is 14.2. The molecule has 1 aromatic carbocycles. The monoisotopic (exact) mass is 310 g/mol. The lowest BCUT2D eigenvalue weighted by molar-refractivity contribution is 0.601. The van der Waals surface area contributed by atoms with Crippen molar-refractivity contribution in [3.05, 3.63) is 48.0 Å². The van der Waals surface area contributed by atoms with Gasteiger partial charge in [0.1, 0.15) is 11.5 Å². The van der Waals surface area contributed by atoms with Gasteiger partial charge in [-0.2, -0.15) is 0 Å². The van der Waals surface area contributed by atoms with E-state index in [1.165, 1.54) is 12.5 Å². The molecule has 3 aromatic rings. The maximum atomic E-state index is 14.3. The molecule has 0 spiro atoms. The summed E-state index contributed by atoms with van der Waals surface area (Å²) in [6.07, 6.45) is 4.89. The zero-order valence-corrected chi connectivity index (χ0v) is 13.3. The van der Waals surface area contributed by atoms with E-state index >= 15 is 0 Å². The van der Waals surface area contributed by atoms with Crippen LogP contribution in [0.2, 0.25) is 0 Å². The highest BCUT2D eigenvalue weighted by Gasteiger charge is 2.17. The van der Waals surface area contributed by atoms with Crippen LogP contribution in [-0.4, -0.2) is 27.9 Å². The molecule has 0 radical (unpaired) electrons. The third kappa shape index (κ3) is 2.46. The summed E-state index contributed by atoms with van der Waals surface area (Å²) in [7, 11) is 0. The number of hydrogen-bond acceptors (Lipinski definition) is 3. The van der Waals surface area contributed by atoms with Gasteiger partial charge in [0.15, 0.2) is 5.65 Å². The van der Waals surface area contributed by atoms with Gasteiger partial charge in [0.2, 0.25) is 0 Å². The van der Waals surface area contributed by atoms with Gasteiger partial charge < -0.3 is 4.90 Å². The molecule has 1 aliphatic heterocycles. The summed E-state index contributed by atoms with van der Waals surface area (Å²) >= 11 is 0. The van der Waals surface area contributed by atoms with Gasteiger partial charge >= 0.3 is 0 Å². The quantitative estimate of drug-likeness (QED) is 0.736. The van der Waals surface area contributed by atoms with Gasteiger partial charge in [-0.1, -0.05) is 13.8 Å². The van der Waals surface area contributed by atoms with Gasteiger partial charge in [0.05, 0.1) is 0 Å². The average Bonchev–Trinajstić information content (AvgIpc) is 2.89. The first-order valence-corrected chi connectivity index (χ1v) is 8.02. The normalized spacial score (nSPS) is 14.5. The predicted molar refractivity (Wildman–Crippen MR) is 89.7 cm³/mol. The first-order valence-electron chi connectivity index (χ1n) is 8.02. The molecule has 0 bridgehead atoms. The fourth-order valence-corrected chi connectivity index (χ4v) is 2.82. The molecule has 23 heavy (non-hydrogen) atoms. The van der Waals surface area contributed by atoms with Crippen molar-refractivity contribution in [2.24, 2.45) is 0 Å². The molecule has 4 rings (SSSR count). The van der Waals surface area contributed by atoms with Crippen LogP contribution in [0.1, 0.15) is 31.7 Å². The van der Waals surface area contributed by atoms with Crippen molar-refractivity contribution in [3.63, 3.8) is 0 Å². The Morgan fingerprint density at radius 1 is 1.17 bits per heavy atom. The summed E-state index contributed by atoms with van der Waals surface area (Å²) in [5, 5.41) is 5.37. The summed E-state index contributed by atoms with van der Waals surface area (Å²) in [6.45, 7) is 6.32. The highest BCUT2D eigenvalue weighted by molar-refractivity contribution is 5.75. The highest BCUT2D eigenvalue weighted by atomic mass is 19.1. The lowest BCUT2D eigenvalue weighted by atomic mass is 10.1. The van der Waals surface area contributed by atoms with Crippen molar-refractivity contribution >= 4 is 16.7 Å². The van der Waals surface area contributed by atoms with E-state index in [-0.39, 0.29) is 5.82 Å². The van der Waals surface area contributed by atoms with Crippen LogP contribution in [0.3, 0.4) is 0 Å². The second-order valence-corrected chi connectivity index (χ2v) is 6.39. The van der Waals surface area contributed by atoms with E-state index in [4.69, 9.17) is 0 Å². The van der Waals surface area contributed by atoms with E-state index in [1.807, 2.05) is 24.5 Å². The summed E-state index contributed by atoms with van der Waals surface area (Å²) in [4.78, 5) is 6.64. The molecular formula is C18H19FN4. The third-order valence-electron chi connectivity index (χ3n) is 4.44. The van der Waals surface area contributed by atoms with Crippen LogP contribution >= 0.6 is 0 Å². The molecule has 0 amide bonds.